The molecule has 23 nitrogen and oxygen atoms in total. The molecule has 3 saturated heterocycles. The number of nitrogens with one attached hydrogen (secondary N) is 6. The van der Waals surface area contributed by atoms with Crippen LogP contribution in [0, 0.1) is 17.2 Å². The highest BCUT2D eigenvalue weighted by molar-refractivity contribution is 5.99. The summed E-state index contributed by atoms with van der Waals surface area (Å²) < 4.78 is 0. The minimum absolute atomic E-state index is 0.0129. The third kappa shape index (κ3) is 20.1. The van der Waals surface area contributed by atoms with Gasteiger partial charge < -0.3 is 82.6 Å². The van der Waals surface area contributed by atoms with Crippen LogP contribution in [-0.4, -0.2) is 184 Å². The van der Waals surface area contributed by atoms with Gasteiger partial charge >= 0.3 is 0 Å². The Labute approximate surface area is 492 Å². The Kier molecular flexibility index (Phi) is 27.0. The van der Waals surface area contributed by atoms with Crippen LogP contribution in [0.5, 0.6) is 11.5 Å². The molecule has 84 heavy (non-hydrogen) atoms. The molecule has 2 aromatic carbocycles. The predicted molar refractivity (Wildman–Crippen MR) is 312 cm³/mol. The van der Waals surface area contributed by atoms with Crippen LogP contribution < -0.4 is 26.6 Å². The standard InChI is InChI=1S/C61H92N8O15/c1-6-35(3)31-36(4)15-12-10-8-9-11-13-18-49(76)64-45-28-23-41(17-14-16-38-19-24-42(71)25-20-38)63-59(82)53-47(74)29-30-68(53)61(84)51(48(75)32-40(62)7-2)66-58(81)52(55(78)54(77)39-21-26-43(72)27-22-39)67-57(80)46-33-44(73)34-69(46)60(83)50(37(5)70)65-56(45)79/h7,19-22,24-27,35-37,41,44-48,50-55,62,70-75,77-78H,2,6,8-18,23,28-34H2,1,3-5H3,(H,63,82)(H,64,76)(H,65,79)(H,66,81)(H,67,80). The van der Waals surface area contributed by atoms with Gasteiger partial charge in [0.2, 0.25) is 41.4 Å². The van der Waals surface area contributed by atoms with Crippen molar-refractivity contribution in [3.63, 3.8) is 0 Å². The van der Waals surface area contributed by atoms with E-state index in [1.165, 1.54) is 49.7 Å². The van der Waals surface area contributed by atoms with Crippen molar-refractivity contribution in [1.82, 2.24) is 36.4 Å². The van der Waals surface area contributed by atoms with Gasteiger partial charge in [-0.1, -0.05) is 96.6 Å². The number of benzene rings is 2. The third-order valence-electron chi connectivity index (χ3n) is 16.5. The van der Waals surface area contributed by atoms with E-state index < -0.39 is 140 Å². The van der Waals surface area contributed by atoms with Crippen LogP contribution >= 0.6 is 0 Å². The third-order valence-corrected chi connectivity index (χ3v) is 16.5. The molecule has 0 aliphatic carbocycles. The first-order valence-corrected chi connectivity index (χ1v) is 29.9. The molecular weight excluding hydrogens is 1080 g/mol. The first-order chi connectivity index (χ1) is 39.9. The number of nitrogens with zero attached hydrogens (tertiary/aromatic N) is 2. The van der Waals surface area contributed by atoms with Crippen LogP contribution in [0.1, 0.15) is 154 Å². The fraction of sp³-hybridized carbons (Fsp3) is 0.639. The van der Waals surface area contributed by atoms with Gasteiger partial charge in [0.15, 0.2) is 0 Å². The number of carbonyl (C=O) groups is 7. The van der Waals surface area contributed by atoms with E-state index in [1.54, 1.807) is 12.1 Å². The average Bonchev–Trinajstić information content (AvgIpc) is 4.24. The monoisotopic (exact) mass is 1180 g/mol. The van der Waals surface area contributed by atoms with Gasteiger partial charge in [-0.2, -0.15) is 0 Å². The zero-order chi connectivity index (χ0) is 61.8. The van der Waals surface area contributed by atoms with Gasteiger partial charge in [0.25, 0.3) is 0 Å². The fourth-order valence-corrected chi connectivity index (χ4v) is 11.4. The summed E-state index contributed by atoms with van der Waals surface area (Å²) in [5, 5.41) is 110. The molecule has 3 aliphatic heterocycles. The van der Waals surface area contributed by atoms with Crippen LogP contribution in [0.3, 0.4) is 0 Å². The molecule has 23 heteroatoms. The number of aliphatic hydroxyl groups is 6. The number of aliphatic hydroxyl groups excluding tert-OH is 6. The second-order valence-corrected chi connectivity index (χ2v) is 23.4. The Morgan fingerprint density at radius 3 is 1.98 bits per heavy atom. The Morgan fingerprint density at radius 2 is 1.33 bits per heavy atom. The highest BCUT2D eigenvalue weighted by atomic mass is 16.3. The molecule has 0 aromatic heterocycles. The van der Waals surface area contributed by atoms with Crippen molar-refractivity contribution < 1.29 is 74.4 Å². The van der Waals surface area contributed by atoms with Crippen LogP contribution in [0.4, 0.5) is 0 Å². The lowest BCUT2D eigenvalue weighted by Gasteiger charge is -2.34. The Balaban J connectivity index is 1.52. The summed E-state index contributed by atoms with van der Waals surface area (Å²) >= 11 is 0. The Bertz CT molecular complexity index is 2520. The topological polar surface area (TPSA) is 372 Å². The highest BCUT2D eigenvalue weighted by Gasteiger charge is 2.48. The lowest BCUT2D eigenvalue weighted by Crippen LogP contribution is -2.64. The van der Waals surface area contributed by atoms with Crippen molar-refractivity contribution in [2.75, 3.05) is 13.1 Å². The molecule has 0 saturated carbocycles. The maximum atomic E-state index is 14.9. The zero-order valence-corrected chi connectivity index (χ0v) is 49.0. The van der Waals surface area contributed by atoms with Crippen molar-refractivity contribution in [1.29, 1.82) is 5.41 Å². The summed E-state index contributed by atoms with van der Waals surface area (Å²) in [6, 6.07) is -0.364. The number of carbonyl (C=O) groups excluding carboxylic acids is 7. The molecule has 3 heterocycles. The van der Waals surface area contributed by atoms with Crippen LogP contribution in [0.15, 0.2) is 61.2 Å². The number of rotatable bonds is 25. The second-order valence-electron chi connectivity index (χ2n) is 23.4. The van der Waals surface area contributed by atoms with Gasteiger partial charge in [-0.05, 0) is 112 Å². The molecule has 3 aliphatic rings. The predicted octanol–water partition coefficient (Wildman–Crippen LogP) is 2.19. The smallest absolute Gasteiger partial charge is 0.248 e. The van der Waals surface area contributed by atoms with Crippen molar-refractivity contribution in [2.24, 2.45) is 11.8 Å². The summed E-state index contributed by atoms with van der Waals surface area (Å²) in [6.07, 6.45) is -1.03. The summed E-state index contributed by atoms with van der Waals surface area (Å²) in [5.41, 5.74) is 0.499. The molecule has 0 radical (unpaired) electrons. The van der Waals surface area contributed by atoms with Gasteiger partial charge in [-0.25, -0.2) is 0 Å². The number of fused-ring (bicyclic) bond motifs is 2. The van der Waals surface area contributed by atoms with E-state index in [0.717, 1.165) is 66.4 Å². The van der Waals surface area contributed by atoms with Gasteiger partial charge in [0.05, 0.1) is 24.4 Å². The number of aromatic hydroxyl groups is 2. The van der Waals surface area contributed by atoms with Crippen LogP contribution in [0.25, 0.3) is 0 Å². The van der Waals surface area contributed by atoms with E-state index in [9.17, 15) is 74.4 Å². The normalized spacial score (nSPS) is 26.2. The first-order valence-electron chi connectivity index (χ1n) is 29.9. The fourth-order valence-electron chi connectivity index (χ4n) is 11.4. The van der Waals surface area contributed by atoms with Crippen molar-refractivity contribution in [2.45, 2.75) is 222 Å². The van der Waals surface area contributed by atoms with E-state index in [1.807, 2.05) is 0 Å². The molecule has 14 N–H and O–H groups in total. The van der Waals surface area contributed by atoms with Crippen LogP contribution in [0.2, 0.25) is 0 Å². The zero-order valence-electron chi connectivity index (χ0n) is 49.0. The summed E-state index contributed by atoms with van der Waals surface area (Å²) in [4.78, 5) is 104. The molecule has 5 rings (SSSR count). The number of phenols is 2. The molecule has 2 aromatic rings. The van der Waals surface area contributed by atoms with Crippen molar-refractivity contribution in [3.8, 4) is 11.5 Å². The van der Waals surface area contributed by atoms with Crippen molar-refractivity contribution in [3.05, 3.63) is 72.3 Å². The number of hydrogen-bond donors (Lipinski definition) is 14. The van der Waals surface area contributed by atoms with Gasteiger partial charge in [-0.3, -0.25) is 33.6 Å². The van der Waals surface area contributed by atoms with Crippen LogP contribution in [-0.2, 0) is 40.0 Å². The lowest BCUT2D eigenvalue weighted by molar-refractivity contribution is -0.148. The molecule has 15 atom stereocenters. The molecule has 0 bridgehead atoms. The summed E-state index contributed by atoms with van der Waals surface area (Å²) in [7, 11) is 0. The largest absolute Gasteiger partial charge is 0.508 e. The number of phenolic OH excluding ortho intramolecular Hbond substituents is 2. The molecule has 3 fully saturated rings. The maximum absolute atomic E-state index is 14.9. The molecule has 466 valence electrons. The molecule has 0 spiro atoms. The molecular formula is C61H92N8O15. The quantitative estimate of drug-likeness (QED) is 0.0501. The Hall–Kier alpha value is -6.50. The SMILES string of the molecule is C=CC(=N)CC(O)C1NC(=O)C(C(O)C(O)c2ccc(O)cc2)NC(=O)C2CC(O)CN2C(=O)C(C(C)O)NC(=O)C(NC(=O)CCCCCCCCC(C)CC(C)CC)CCC(CCCc2ccc(O)cc2)NC(=O)C2C(O)CCN2C1=O. The maximum Gasteiger partial charge on any atom is 0.248 e. The van der Waals surface area contributed by atoms with Crippen molar-refractivity contribution >= 4 is 47.1 Å². The minimum Gasteiger partial charge on any atom is -0.508 e. The first kappa shape index (κ1) is 68.3. The van der Waals surface area contributed by atoms with E-state index in [2.05, 4.69) is 53.9 Å². The van der Waals surface area contributed by atoms with Gasteiger partial charge in [0, 0.05) is 44.1 Å². The number of hydrogen-bond acceptors (Lipinski definition) is 16. The van der Waals surface area contributed by atoms with E-state index >= 15 is 0 Å². The summed E-state index contributed by atoms with van der Waals surface area (Å²) in [5.74, 6) is -5.84. The molecule has 15 unspecified atom stereocenters. The van der Waals surface area contributed by atoms with E-state index in [4.69, 9.17) is 5.41 Å². The number of unbranched alkanes of at least 4 members (excludes halogenated alkanes) is 5. The average molecular weight is 1180 g/mol. The highest BCUT2D eigenvalue weighted by Crippen LogP contribution is 2.27. The second kappa shape index (κ2) is 33.3. The number of allylic oxidation sites excluding steroid dienone is 1. The van der Waals surface area contributed by atoms with Gasteiger partial charge in [-0.15, -0.1) is 0 Å². The van der Waals surface area contributed by atoms with E-state index in [0.29, 0.717) is 31.1 Å². The minimum atomic E-state index is -2.30. The van der Waals surface area contributed by atoms with Gasteiger partial charge in [0.1, 0.15) is 60.0 Å². The lowest BCUT2D eigenvalue weighted by atomic mass is 9.91. The Morgan fingerprint density at radius 1 is 0.726 bits per heavy atom. The van der Waals surface area contributed by atoms with E-state index in [-0.39, 0.29) is 61.4 Å². The number of aryl methyl sites for hydroxylation is 1. The molecule has 7 amide bonds. The number of amides is 7. The summed E-state index contributed by atoms with van der Waals surface area (Å²) in [6.45, 7) is 10.7.